The smallest absolute Gasteiger partial charge is 0.161 e. The van der Waals surface area contributed by atoms with Crippen LogP contribution in [0.5, 0.6) is 0 Å². The molecule has 3 aromatic rings. The number of ketones is 1. The Hall–Kier alpha value is -2.94. The number of carbonyl (C=O) groups excluding carboxylic acids is 1. The molecule has 1 N–H and O–H groups in total. The zero-order valence-corrected chi connectivity index (χ0v) is 14.8. The monoisotopic (exact) mass is 340 g/mol. The second-order valence-corrected chi connectivity index (χ2v) is 7.18. The fraction of sp³-hybridized carbons (Fsp3) is 0.217. The fourth-order valence-corrected chi connectivity index (χ4v) is 4.45. The maximum atomic E-state index is 13.0. The van der Waals surface area contributed by atoms with Crippen molar-refractivity contribution in [1.82, 2.24) is 4.98 Å². The Kier molecular flexibility index (Phi) is 3.42. The van der Waals surface area contributed by atoms with Crippen molar-refractivity contribution in [2.24, 2.45) is 0 Å². The van der Waals surface area contributed by atoms with Gasteiger partial charge >= 0.3 is 0 Å². The van der Waals surface area contributed by atoms with Crippen molar-refractivity contribution in [3.05, 3.63) is 82.7 Å². The maximum absolute atomic E-state index is 13.0. The third-order valence-corrected chi connectivity index (χ3v) is 5.65. The largest absolute Gasteiger partial charge is 0.358 e. The van der Waals surface area contributed by atoms with Crippen molar-refractivity contribution in [3.8, 4) is 0 Å². The topological polar surface area (TPSA) is 42.0 Å². The van der Waals surface area contributed by atoms with Crippen molar-refractivity contribution in [1.29, 1.82) is 0 Å². The van der Waals surface area contributed by atoms with Crippen LogP contribution in [0.25, 0.3) is 10.9 Å². The van der Waals surface area contributed by atoms with Gasteiger partial charge in [-0.15, -0.1) is 0 Å². The summed E-state index contributed by atoms with van der Waals surface area (Å²) in [6, 6.07) is 16.7. The first kappa shape index (κ1) is 15.3. The Labute approximate surface area is 152 Å². The molecule has 2 aromatic carbocycles. The second kappa shape index (κ2) is 5.80. The summed E-state index contributed by atoms with van der Waals surface area (Å²) in [4.78, 5) is 17.5. The third kappa shape index (κ3) is 2.20. The summed E-state index contributed by atoms with van der Waals surface area (Å²) >= 11 is 0. The molecule has 0 saturated heterocycles. The molecule has 0 amide bonds. The summed E-state index contributed by atoms with van der Waals surface area (Å²) in [6.45, 7) is 2.13. The van der Waals surface area contributed by atoms with E-state index < -0.39 is 0 Å². The Balaban J connectivity index is 1.87. The van der Waals surface area contributed by atoms with Gasteiger partial charge in [0, 0.05) is 40.9 Å². The summed E-state index contributed by atoms with van der Waals surface area (Å²) < 4.78 is 0. The van der Waals surface area contributed by atoms with E-state index in [4.69, 9.17) is 0 Å². The van der Waals surface area contributed by atoms with Crippen LogP contribution in [0, 0.1) is 6.92 Å². The van der Waals surface area contributed by atoms with E-state index in [9.17, 15) is 4.79 Å². The average Bonchev–Trinajstić information content (AvgIpc) is 2.67. The number of nitrogens with zero attached hydrogens (tertiary/aromatic N) is 1. The van der Waals surface area contributed by atoms with E-state index in [1.54, 1.807) is 0 Å². The molecule has 128 valence electrons. The molecule has 0 bridgehead atoms. The summed E-state index contributed by atoms with van der Waals surface area (Å²) in [7, 11) is 0. The highest BCUT2D eigenvalue weighted by atomic mass is 16.1. The van der Waals surface area contributed by atoms with E-state index in [-0.39, 0.29) is 11.7 Å². The minimum Gasteiger partial charge on any atom is -0.358 e. The van der Waals surface area contributed by atoms with Gasteiger partial charge in [0.2, 0.25) is 0 Å². The number of aryl methyl sites for hydroxylation is 1. The minimum absolute atomic E-state index is 0.0249. The predicted octanol–water partition coefficient (Wildman–Crippen LogP) is 5.11. The van der Waals surface area contributed by atoms with Crippen LogP contribution in [0.3, 0.4) is 0 Å². The molecule has 2 heterocycles. The first-order chi connectivity index (χ1) is 12.7. The minimum atomic E-state index is -0.0249. The Bertz CT molecular complexity index is 1080. The van der Waals surface area contributed by atoms with Crippen molar-refractivity contribution < 1.29 is 4.79 Å². The van der Waals surface area contributed by atoms with Gasteiger partial charge in [0.1, 0.15) is 0 Å². The van der Waals surface area contributed by atoms with E-state index in [0.717, 1.165) is 40.7 Å². The Morgan fingerprint density at radius 1 is 1.04 bits per heavy atom. The summed E-state index contributed by atoms with van der Waals surface area (Å²) in [5, 5.41) is 4.69. The number of hydrogen-bond acceptors (Lipinski definition) is 3. The molecule has 1 aliphatic heterocycles. The van der Waals surface area contributed by atoms with Gasteiger partial charge in [0.25, 0.3) is 0 Å². The molecule has 1 unspecified atom stereocenters. The van der Waals surface area contributed by atoms with Gasteiger partial charge in [-0.2, -0.15) is 0 Å². The molecule has 1 atom stereocenters. The first-order valence-electron chi connectivity index (χ1n) is 9.20. The SMILES string of the molecule is Cc1ccccc1C1C2=C(CCCC2=O)Nc2ccc3ncccc3c21. The number of anilines is 1. The van der Waals surface area contributed by atoms with E-state index in [1.807, 2.05) is 12.3 Å². The Morgan fingerprint density at radius 2 is 1.92 bits per heavy atom. The standard InChI is InChI=1S/C23H20N2O/c1-14-6-2-3-7-15(14)22-21-16-8-5-13-24-17(16)11-12-19(21)25-18-9-4-10-20(26)23(18)22/h2-3,5-8,11-13,22,25H,4,9-10H2,1H3. The van der Waals surface area contributed by atoms with E-state index >= 15 is 0 Å². The highest BCUT2D eigenvalue weighted by Gasteiger charge is 2.36. The van der Waals surface area contributed by atoms with Gasteiger partial charge in [-0.25, -0.2) is 0 Å². The van der Waals surface area contributed by atoms with Crippen molar-refractivity contribution in [2.45, 2.75) is 32.1 Å². The molecule has 3 nitrogen and oxygen atoms in total. The van der Waals surface area contributed by atoms with Crippen molar-refractivity contribution in [3.63, 3.8) is 0 Å². The zero-order chi connectivity index (χ0) is 17.7. The summed E-state index contributed by atoms with van der Waals surface area (Å²) in [6.07, 6.45) is 4.33. The van der Waals surface area contributed by atoms with E-state index in [0.29, 0.717) is 6.42 Å². The number of pyridine rings is 1. The third-order valence-electron chi connectivity index (χ3n) is 5.65. The second-order valence-electron chi connectivity index (χ2n) is 7.18. The highest BCUT2D eigenvalue weighted by Crippen LogP contribution is 2.48. The van der Waals surface area contributed by atoms with Crippen LogP contribution in [0.4, 0.5) is 5.69 Å². The van der Waals surface area contributed by atoms with Gasteiger partial charge in [0.05, 0.1) is 5.52 Å². The summed E-state index contributed by atoms with van der Waals surface area (Å²) in [5.41, 5.74) is 7.75. The Morgan fingerprint density at radius 3 is 2.81 bits per heavy atom. The van der Waals surface area contributed by atoms with Gasteiger partial charge in [-0.1, -0.05) is 30.3 Å². The number of nitrogens with one attached hydrogen (secondary N) is 1. The van der Waals surface area contributed by atoms with Crippen LogP contribution in [-0.4, -0.2) is 10.8 Å². The first-order valence-corrected chi connectivity index (χ1v) is 9.20. The van der Waals surface area contributed by atoms with Crippen molar-refractivity contribution >= 4 is 22.4 Å². The predicted molar refractivity (Wildman–Crippen MR) is 104 cm³/mol. The van der Waals surface area contributed by atoms with Crippen LogP contribution in [-0.2, 0) is 4.79 Å². The number of Topliss-reactive ketones (excluding diaryl/α,β-unsaturated/α-hetero) is 1. The number of rotatable bonds is 1. The van der Waals surface area contributed by atoms with Crippen LogP contribution in [0.1, 0.15) is 41.9 Å². The van der Waals surface area contributed by atoms with Crippen LogP contribution in [0.2, 0.25) is 0 Å². The van der Waals surface area contributed by atoms with Crippen LogP contribution < -0.4 is 5.32 Å². The fourth-order valence-electron chi connectivity index (χ4n) is 4.45. The zero-order valence-electron chi connectivity index (χ0n) is 14.8. The number of carbonyl (C=O) groups is 1. The number of aromatic nitrogens is 1. The molecule has 0 spiro atoms. The molecular weight excluding hydrogens is 320 g/mol. The normalized spacial score (nSPS) is 19.1. The number of hydrogen-bond donors (Lipinski definition) is 1. The average molecular weight is 340 g/mol. The number of allylic oxidation sites excluding steroid dienone is 2. The molecule has 5 rings (SSSR count). The molecule has 26 heavy (non-hydrogen) atoms. The van der Waals surface area contributed by atoms with Crippen molar-refractivity contribution in [2.75, 3.05) is 5.32 Å². The lowest BCUT2D eigenvalue weighted by atomic mass is 9.73. The molecule has 2 aliphatic rings. The lowest BCUT2D eigenvalue weighted by molar-refractivity contribution is -0.116. The molecule has 0 fully saturated rings. The molecule has 0 radical (unpaired) electrons. The van der Waals surface area contributed by atoms with Crippen LogP contribution >= 0.6 is 0 Å². The number of benzene rings is 2. The molecule has 0 saturated carbocycles. The highest BCUT2D eigenvalue weighted by molar-refractivity contribution is 6.03. The molecule has 1 aliphatic carbocycles. The molecular formula is C23H20N2O. The molecule has 1 aromatic heterocycles. The van der Waals surface area contributed by atoms with Crippen LogP contribution in [0.15, 0.2) is 66.0 Å². The van der Waals surface area contributed by atoms with E-state index in [2.05, 4.69) is 59.7 Å². The number of fused-ring (bicyclic) bond motifs is 3. The summed E-state index contributed by atoms with van der Waals surface area (Å²) in [5.74, 6) is 0.252. The van der Waals surface area contributed by atoms with Gasteiger partial charge in [0.15, 0.2) is 5.78 Å². The van der Waals surface area contributed by atoms with Gasteiger partial charge in [-0.3, -0.25) is 9.78 Å². The maximum Gasteiger partial charge on any atom is 0.161 e. The van der Waals surface area contributed by atoms with Gasteiger partial charge in [-0.05, 0) is 54.7 Å². The quantitative estimate of drug-likeness (QED) is 0.669. The van der Waals surface area contributed by atoms with E-state index in [1.165, 1.54) is 16.7 Å². The lowest BCUT2D eigenvalue weighted by Gasteiger charge is -2.35. The molecule has 3 heteroatoms. The lowest BCUT2D eigenvalue weighted by Crippen LogP contribution is -2.27. The van der Waals surface area contributed by atoms with Gasteiger partial charge < -0.3 is 5.32 Å².